The van der Waals surface area contributed by atoms with Gasteiger partial charge in [0.15, 0.2) is 0 Å². The van der Waals surface area contributed by atoms with E-state index in [2.05, 4.69) is 11.1 Å². The molecular formula is C37H17F6N3O2. The van der Waals surface area contributed by atoms with Crippen LogP contribution in [0, 0.1) is 22.8 Å². The molecule has 5 nitrogen and oxygen atoms in total. The van der Waals surface area contributed by atoms with Crippen LogP contribution in [0.1, 0.15) is 33.4 Å². The zero-order valence-electron chi connectivity index (χ0n) is 24.2. The summed E-state index contributed by atoms with van der Waals surface area (Å²) >= 11 is 0. The van der Waals surface area contributed by atoms with Crippen molar-refractivity contribution in [1.29, 1.82) is 10.5 Å². The molecule has 0 heterocycles. The van der Waals surface area contributed by atoms with E-state index in [0.29, 0.717) is 39.5 Å². The van der Waals surface area contributed by atoms with E-state index in [1.165, 1.54) is 30.3 Å². The maximum Gasteiger partial charge on any atom is 0.416 e. The van der Waals surface area contributed by atoms with Crippen LogP contribution in [-0.2, 0) is 12.4 Å². The van der Waals surface area contributed by atoms with E-state index >= 15 is 0 Å². The predicted octanol–water partition coefficient (Wildman–Crippen LogP) is 10.5. The third-order valence-electron chi connectivity index (χ3n) is 8.02. The highest BCUT2D eigenvalue weighted by Crippen LogP contribution is 2.51. The van der Waals surface area contributed by atoms with Crippen molar-refractivity contribution >= 4 is 11.3 Å². The Morgan fingerprint density at radius 3 is 1.42 bits per heavy atom. The second-order valence-corrected chi connectivity index (χ2v) is 10.9. The SMILES string of the molecule is N#C/C=C1\c2cc(Oc3ccc(C(F)(F)F)cc3)ccc2-c2cc3c(cc21)-c1ccc(Oc2ccc(C(F)(F)F)cc2)cc1/C3=N\C#N. The molecule has 0 saturated carbocycles. The first kappa shape index (κ1) is 30.3. The van der Waals surface area contributed by atoms with Crippen LogP contribution in [0.5, 0.6) is 23.0 Å². The molecular weight excluding hydrogens is 632 g/mol. The molecule has 7 rings (SSSR count). The molecule has 0 bridgehead atoms. The van der Waals surface area contributed by atoms with Gasteiger partial charge < -0.3 is 9.47 Å². The van der Waals surface area contributed by atoms with Crippen LogP contribution in [0.4, 0.5) is 26.3 Å². The van der Waals surface area contributed by atoms with Gasteiger partial charge in [-0.2, -0.15) is 41.9 Å². The minimum atomic E-state index is -4.48. The van der Waals surface area contributed by atoms with Gasteiger partial charge in [0.05, 0.1) is 22.9 Å². The summed E-state index contributed by atoms with van der Waals surface area (Å²) in [4.78, 5) is 4.10. The maximum absolute atomic E-state index is 13.0. The molecule has 0 atom stereocenters. The van der Waals surface area contributed by atoms with Crippen LogP contribution in [0.3, 0.4) is 0 Å². The number of hydrogen-bond acceptors (Lipinski definition) is 5. The summed E-state index contributed by atoms with van der Waals surface area (Å²) in [5.41, 5.74) is 5.08. The lowest BCUT2D eigenvalue weighted by Crippen LogP contribution is -2.04. The Morgan fingerprint density at radius 2 is 0.917 bits per heavy atom. The second-order valence-electron chi connectivity index (χ2n) is 10.9. The number of benzene rings is 5. The van der Waals surface area contributed by atoms with E-state index in [0.717, 1.165) is 52.1 Å². The molecule has 0 N–H and O–H groups in total. The number of nitriles is 2. The Bertz CT molecular complexity index is 2110. The number of alkyl halides is 6. The second kappa shape index (κ2) is 11.2. The van der Waals surface area contributed by atoms with E-state index in [-0.39, 0.29) is 11.5 Å². The topological polar surface area (TPSA) is 78.4 Å². The lowest BCUT2D eigenvalue weighted by Gasteiger charge is -2.10. The van der Waals surface area contributed by atoms with Crippen LogP contribution in [0.2, 0.25) is 0 Å². The molecule has 48 heavy (non-hydrogen) atoms. The summed E-state index contributed by atoms with van der Waals surface area (Å²) in [6.07, 6.45) is -5.70. The molecule has 0 aliphatic heterocycles. The Hall–Kier alpha value is -6.33. The lowest BCUT2D eigenvalue weighted by molar-refractivity contribution is -0.138. The zero-order valence-corrected chi connectivity index (χ0v) is 24.2. The summed E-state index contributed by atoms with van der Waals surface area (Å²) in [5, 5.41) is 19.2. The fourth-order valence-electron chi connectivity index (χ4n) is 5.90. The Balaban J connectivity index is 1.23. The van der Waals surface area contributed by atoms with Gasteiger partial charge in [-0.25, -0.2) is 0 Å². The van der Waals surface area contributed by atoms with Gasteiger partial charge in [0, 0.05) is 22.8 Å². The van der Waals surface area contributed by atoms with Gasteiger partial charge in [-0.15, -0.1) is 0 Å². The van der Waals surface area contributed by atoms with Crippen molar-refractivity contribution in [3.05, 3.63) is 137 Å². The third-order valence-corrected chi connectivity index (χ3v) is 8.02. The van der Waals surface area contributed by atoms with Gasteiger partial charge in [0.1, 0.15) is 23.0 Å². The maximum atomic E-state index is 13.0. The van der Waals surface area contributed by atoms with E-state index in [9.17, 15) is 36.9 Å². The van der Waals surface area contributed by atoms with E-state index in [1.54, 1.807) is 36.4 Å². The van der Waals surface area contributed by atoms with Crippen LogP contribution < -0.4 is 9.47 Å². The van der Waals surface area contributed by atoms with Crippen molar-refractivity contribution in [2.75, 3.05) is 0 Å². The van der Waals surface area contributed by atoms with Crippen molar-refractivity contribution in [2.45, 2.75) is 12.4 Å². The van der Waals surface area contributed by atoms with Crippen LogP contribution in [-0.4, -0.2) is 5.71 Å². The summed E-state index contributed by atoms with van der Waals surface area (Å²) < 4.78 is 89.6. The van der Waals surface area contributed by atoms with Gasteiger partial charge in [0.2, 0.25) is 6.19 Å². The smallest absolute Gasteiger partial charge is 0.416 e. The van der Waals surface area contributed by atoms with Crippen molar-refractivity contribution < 1.29 is 35.8 Å². The Morgan fingerprint density at radius 1 is 0.500 bits per heavy atom. The molecule has 0 unspecified atom stereocenters. The monoisotopic (exact) mass is 649 g/mol. The Kier molecular flexibility index (Phi) is 7.06. The van der Waals surface area contributed by atoms with Gasteiger partial charge in [-0.1, -0.05) is 6.07 Å². The van der Waals surface area contributed by atoms with E-state index in [1.807, 2.05) is 18.3 Å². The number of ether oxygens (including phenoxy) is 2. The predicted molar refractivity (Wildman–Crippen MR) is 164 cm³/mol. The molecule has 0 fully saturated rings. The number of aliphatic imine (C=N–C) groups is 1. The zero-order chi connectivity index (χ0) is 33.8. The number of halogens is 6. The molecule has 0 amide bonds. The average Bonchev–Trinajstić information content (AvgIpc) is 3.51. The standard InChI is InChI=1S/C37H17F6N3O2/c38-36(39,40)20-1-5-22(6-2-20)47-24-9-11-26-29(15-24)28(13-14-44)30-17-32-27-12-10-25(48-23-7-3-21(4-8-23)37(41,42)43)16-33(27)35(46-19-45)34(32)18-31(26)30/h1-13,15-18H/b28-13+,46-35+. The summed E-state index contributed by atoms with van der Waals surface area (Å²) in [6, 6.07) is 24.8. The first-order valence-corrected chi connectivity index (χ1v) is 14.2. The highest BCUT2D eigenvalue weighted by molar-refractivity contribution is 6.26. The number of rotatable bonds is 4. The van der Waals surface area contributed by atoms with Gasteiger partial charge in [-0.3, -0.25) is 0 Å². The van der Waals surface area contributed by atoms with Crippen LogP contribution in [0.15, 0.2) is 108 Å². The third kappa shape index (κ3) is 5.31. The van der Waals surface area contributed by atoms with E-state index in [4.69, 9.17) is 9.47 Å². The number of fused-ring (bicyclic) bond motifs is 6. The van der Waals surface area contributed by atoms with Crippen LogP contribution in [0.25, 0.3) is 27.8 Å². The molecule has 0 saturated heterocycles. The first-order chi connectivity index (χ1) is 22.9. The van der Waals surface area contributed by atoms with Crippen molar-refractivity contribution in [3.63, 3.8) is 0 Å². The van der Waals surface area contributed by atoms with Crippen molar-refractivity contribution in [2.24, 2.45) is 4.99 Å². The molecule has 2 aliphatic carbocycles. The quantitative estimate of drug-likeness (QED) is 0.108. The minimum absolute atomic E-state index is 0.195. The minimum Gasteiger partial charge on any atom is -0.457 e. The van der Waals surface area contributed by atoms with Gasteiger partial charge in [0.25, 0.3) is 0 Å². The molecule has 5 aromatic rings. The van der Waals surface area contributed by atoms with Crippen molar-refractivity contribution in [1.82, 2.24) is 0 Å². The van der Waals surface area contributed by atoms with Gasteiger partial charge >= 0.3 is 12.4 Å². The summed E-state index contributed by atoms with van der Waals surface area (Å²) in [6.45, 7) is 0. The van der Waals surface area contributed by atoms with E-state index < -0.39 is 23.5 Å². The largest absolute Gasteiger partial charge is 0.457 e. The molecule has 11 heteroatoms. The van der Waals surface area contributed by atoms with Crippen LogP contribution >= 0.6 is 0 Å². The Labute approximate surface area is 268 Å². The molecule has 0 aromatic heterocycles. The number of hydrogen-bond donors (Lipinski definition) is 0. The fraction of sp³-hybridized carbons (Fsp3) is 0.0541. The number of allylic oxidation sites excluding steroid dienone is 1. The molecule has 234 valence electrons. The van der Waals surface area contributed by atoms with Crippen molar-refractivity contribution in [3.8, 4) is 57.5 Å². The highest BCUT2D eigenvalue weighted by atomic mass is 19.4. The van der Waals surface area contributed by atoms with Gasteiger partial charge in [-0.05, 0) is 124 Å². The molecule has 2 aliphatic rings. The summed E-state index contributed by atoms with van der Waals surface area (Å²) in [7, 11) is 0. The molecule has 0 spiro atoms. The first-order valence-electron chi connectivity index (χ1n) is 14.2. The molecule has 5 aromatic carbocycles. The average molecular weight is 650 g/mol. The number of nitrogens with zero attached hydrogens (tertiary/aromatic N) is 3. The lowest BCUT2D eigenvalue weighted by atomic mass is 9.96. The summed E-state index contributed by atoms with van der Waals surface area (Å²) in [5.74, 6) is 1.09. The highest BCUT2D eigenvalue weighted by Gasteiger charge is 2.33. The fourth-order valence-corrected chi connectivity index (χ4v) is 5.90. The normalized spacial score (nSPS) is 14.5. The molecule has 0 radical (unpaired) electrons.